The molecule has 1 amide bonds. The minimum atomic E-state index is -3.60. The Morgan fingerprint density at radius 3 is 2.58 bits per heavy atom. The van der Waals surface area contributed by atoms with Crippen LogP contribution in [-0.4, -0.2) is 75.0 Å². The number of carbonyl (C=O) groups is 1. The quantitative estimate of drug-likeness (QED) is 0.783. The summed E-state index contributed by atoms with van der Waals surface area (Å²) < 4.78 is 32.3. The summed E-state index contributed by atoms with van der Waals surface area (Å²) in [5.41, 5.74) is 0. The van der Waals surface area contributed by atoms with E-state index in [-0.39, 0.29) is 48.4 Å². The van der Waals surface area contributed by atoms with Crippen LogP contribution in [-0.2, 0) is 19.6 Å². The van der Waals surface area contributed by atoms with Crippen LogP contribution in [0.4, 0.5) is 0 Å². The Morgan fingerprint density at radius 2 is 1.96 bits per heavy atom. The molecule has 10 heteroatoms. The minimum absolute atomic E-state index is 0. The molecule has 0 radical (unpaired) electrons. The number of hydrogen-bond donors (Lipinski definition) is 1. The number of piperazine rings is 1. The number of benzene rings is 1. The van der Waals surface area contributed by atoms with Crippen molar-refractivity contribution in [1.29, 1.82) is 0 Å². The fraction of sp³-hybridized carbons (Fsp3) is 0.562. The van der Waals surface area contributed by atoms with Crippen LogP contribution in [0.3, 0.4) is 0 Å². The summed E-state index contributed by atoms with van der Waals surface area (Å²) in [6.45, 7) is 4.37. The highest BCUT2D eigenvalue weighted by Crippen LogP contribution is 2.21. The van der Waals surface area contributed by atoms with Gasteiger partial charge in [0.05, 0.1) is 17.6 Å². The van der Waals surface area contributed by atoms with Gasteiger partial charge in [0.15, 0.2) is 0 Å². The number of rotatable bonds is 3. The number of hydrogen-bond acceptors (Lipinski definition) is 5. The molecule has 1 aromatic carbocycles. The molecule has 146 valence electrons. The molecule has 0 aliphatic carbocycles. The highest BCUT2D eigenvalue weighted by molar-refractivity contribution is 7.89. The number of carbonyl (C=O) groups excluding carboxylic acids is 1. The average molecular weight is 424 g/mol. The maximum Gasteiger partial charge on any atom is 0.243 e. The van der Waals surface area contributed by atoms with Gasteiger partial charge >= 0.3 is 0 Å². The summed E-state index contributed by atoms with van der Waals surface area (Å²) in [4.78, 5) is 14.5. The second-order valence-corrected chi connectivity index (χ2v) is 8.57. The van der Waals surface area contributed by atoms with Crippen LogP contribution in [0.5, 0.6) is 0 Å². The summed E-state index contributed by atoms with van der Waals surface area (Å²) in [6, 6.07) is 5.86. The van der Waals surface area contributed by atoms with E-state index in [0.717, 1.165) is 0 Å². The molecule has 0 spiro atoms. The standard InChI is InChI=1S/C16H22ClN3O4S.ClH/c1-12-15(18-5-10-24-12)16(21)19-6-8-20(9-7-19)25(22,23)14-4-2-3-13(17)11-14;/h2-4,11-12,15,18H,5-10H2,1H3;1H/t12-,15+;/m1./s1. The van der Waals surface area contributed by atoms with Crippen molar-refractivity contribution in [1.82, 2.24) is 14.5 Å². The first-order valence-electron chi connectivity index (χ1n) is 8.29. The molecule has 0 saturated carbocycles. The van der Waals surface area contributed by atoms with Crippen molar-refractivity contribution < 1.29 is 17.9 Å². The summed E-state index contributed by atoms with van der Waals surface area (Å²) in [6.07, 6.45) is -0.186. The Morgan fingerprint density at radius 1 is 1.27 bits per heavy atom. The fourth-order valence-electron chi connectivity index (χ4n) is 3.13. The number of amides is 1. The van der Waals surface area contributed by atoms with Gasteiger partial charge in [-0.3, -0.25) is 4.79 Å². The van der Waals surface area contributed by atoms with Crippen LogP contribution >= 0.6 is 24.0 Å². The van der Waals surface area contributed by atoms with Crippen molar-refractivity contribution in [2.24, 2.45) is 0 Å². The summed E-state index contributed by atoms with van der Waals surface area (Å²) in [7, 11) is -3.60. The maximum atomic E-state index is 12.7. The SMILES string of the molecule is C[C@H]1OCCN[C@@H]1C(=O)N1CCN(S(=O)(=O)c2cccc(Cl)c2)CC1.Cl. The Kier molecular flexibility index (Phi) is 7.29. The molecule has 2 heterocycles. The third kappa shape index (κ3) is 4.49. The lowest BCUT2D eigenvalue weighted by Crippen LogP contribution is -2.60. The largest absolute Gasteiger partial charge is 0.375 e. The van der Waals surface area contributed by atoms with Gasteiger partial charge in [-0.15, -0.1) is 12.4 Å². The number of sulfonamides is 1. The van der Waals surface area contributed by atoms with Crippen molar-refractivity contribution in [2.75, 3.05) is 39.3 Å². The first kappa shape index (κ1) is 21.4. The summed E-state index contributed by atoms with van der Waals surface area (Å²) in [5.74, 6) is -0.0352. The average Bonchev–Trinajstić information content (AvgIpc) is 2.62. The van der Waals surface area contributed by atoms with E-state index in [1.165, 1.54) is 16.4 Å². The van der Waals surface area contributed by atoms with Crippen LogP contribution in [0.2, 0.25) is 5.02 Å². The van der Waals surface area contributed by atoms with Gasteiger partial charge in [-0.1, -0.05) is 17.7 Å². The van der Waals surface area contributed by atoms with Crippen LogP contribution in [0.25, 0.3) is 0 Å². The smallest absolute Gasteiger partial charge is 0.243 e. The van der Waals surface area contributed by atoms with Gasteiger partial charge in [0, 0.05) is 37.7 Å². The first-order valence-corrected chi connectivity index (χ1v) is 10.1. The van der Waals surface area contributed by atoms with Crippen molar-refractivity contribution in [3.63, 3.8) is 0 Å². The van der Waals surface area contributed by atoms with Crippen molar-refractivity contribution in [3.05, 3.63) is 29.3 Å². The highest BCUT2D eigenvalue weighted by atomic mass is 35.5. The normalized spacial score (nSPS) is 24.8. The van der Waals surface area contributed by atoms with E-state index in [1.54, 1.807) is 17.0 Å². The van der Waals surface area contributed by atoms with Crippen molar-refractivity contribution in [2.45, 2.75) is 24.0 Å². The van der Waals surface area contributed by atoms with Gasteiger partial charge in [-0.25, -0.2) is 8.42 Å². The molecule has 0 unspecified atom stereocenters. The summed E-state index contributed by atoms with van der Waals surface area (Å²) >= 11 is 5.90. The molecule has 7 nitrogen and oxygen atoms in total. The molecule has 0 bridgehead atoms. The van der Waals surface area contributed by atoms with Crippen LogP contribution in [0.1, 0.15) is 6.92 Å². The van der Waals surface area contributed by atoms with E-state index < -0.39 is 10.0 Å². The lowest BCUT2D eigenvalue weighted by Gasteiger charge is -2.38. The lowest BCUT2D eigenvalue weighted by molar-refractivity contribution is -0.140. The van der Waals surface area contributed by atoms with E-state index in [4.69, 9.17) is 16.3 Å². The maximum absolute atomic E-state index is 12.7. The molecule has 1 aromatic rings. The van der Waals surface area contributed by atoms with Gasteiger partial charge in [0.25, 0.3) is 0 Å². The zero-order valence-corrected chi connectivity index (χ0v) is 16.8. The number of ether oxygens (including phenoxy) is 1. The third-order valence-electron chi connectivity index (χ3n) is 4.57. The first-order chi connectivity index (χ1) is 11.9. The molecule has 2 aliphatic rings. The monoisotopic (exact) mass is 423 g/mol. The van der Waals surface area contributed by atoms with Gasteiger partial charge in [-0.2, -0.15) is 4.31 Å². The lowest BCUT2D eigenvalue weighted by atomic mass is 10.1. The Labute approximate surface area is 165 Å². The molecule has 2 saturated heterocycles. The molecule has 2 atom stereocenters. The third-order valence-corrected chi connectivity index (χ3v) is 6.70. The summed E-state index contributed by atoms with van der Waals surface area (Å²) in [5, 5.41) is 3.56. The van der Waals surface area contributed by atoms with Crippen LogP contribution in [0.15, 0.2) is 29.2 Å². The predicted octanol–water partition coefficient (Wildman–Crippen LogP) is 0.972. The van der Waals surface area contributed by atoms with Gasteiger partial charge in [0.1, 0.15) is 6.04 Å². The van der Waals surface area contributed by atoms with Crippen LogP contribution in [0, 0.1) is 0 Å². The van der Waals surface area contributed by atoms with Crippen molar-refractivity contribution >= 4 is 39.9 Å². The minimum Gasteiger partial charge on any atom is -0.375 e. The van der Waals surface area contributed by atoms with Crippen LogP contribution < -0.4 is 5.32 Å². The molecule has 26 heavy (non-hydrogen) atoms. The molecule has 2 fully saturated rings. The van der Waals surface area contributed by atoms with E-state index in [0.29, 0.717) is 31.3 Å². The molecule has 1 N–H and O–H groups in total. The van der Waals surface area contributed by atoms with E-state index >= 15 is 0 Å². The Hall–Kier alpha value is -0.900. The fourth-order valence-corrected chi connectivity index (χ4v) is 4.86. The Balaban J connectivity index is 0.00000243. The van der Waals surface area contributed by atoms with E-state index in [1.807, 2.05) is 6.92 Å². The van der Waals surface area contributed by atoms with E-state index in [2.05, 4.69) is 5.32 Å². The van der Waals surface area contributed by atoms with E-state index in [9.17, 15) is 13.2 Å². The molecular weight excluding hydrogens is 401 g/mol. The van der Waals surface area contributed by atoms with Crippen molar-refractivity contribution in [3.8, 4) is 0 Å². The number of halogens is 2. The molecule has 2 aliphatic heterocycles. The topological polar surface area (TPSA) is 79.0 Å². The number of nitrogens with zero attached hydrogens (tertiary/aromatic N) is 2. The molecular formula is C16H23Cl2N3O4S. The number of nitrogens with one attached hydrogen (secondary N) is 1. The molecule has 3 rings (SSSR count). The van der Waals surface area contributed by atoms with Gasteiger partial charge < -0.3 is 15.0 Å². The Bertz CT molecular complexity index is 739. The zero-order chi connectivity index (χ0) is 18.0. The zero-order valence-electron chi connectivity index (χ0n) is 14.4. The number of morpholine rings is 1. The highest BCUT2D eigenvalue weighted by Gasteiger charge is 2.35. The molecule has 0 aromatic heterocycles. The second kappa shape index (κ2) is 8.86. The second-order valence-electron chi connectivity index (χ2n) is 6.19. The van der Waals surface area contributed by atoms with Gasteiger partial charge in [0.2, 0.25) is 15.9 Å². The predicted molar refractivity (Wildman–Crippen MR) is 101 cm³/mol. The van der Waals surface area contributed by atoms with Gasteiger partial charge in [-0.05, 0) is 25.1 Å².